The second-order valence-corrected chi connectivity index (χ2v) is 6.56. The van der Waals surface area contributed by atoms with E-state index in [0.717, 1.165) is 6.42 Å². The number of nitrogen functional groups attached to an aromatic ring is 2. The minimum absolute atomic E-state index is 0.0322. The van der Waals surface area contributed by atoms with Gasteiger partial charge in [0.25, 0.3) is 0 Å². The Morgan fingerprint density at radius 1 is 1.04 bits per heavy atom. The Morgan fingerprint density at radius 2 is 1.58 bits per heavy atom. The SMILES string of the molecule is CCCC(C)c1c(N)c(C(=O)O)c(N)c2c1C(=O)c1ccccc1C2=O. The molecule has 0 fully saturated rings. The van der Waals surface area contributed by atoms with Gasteiger partial charge in [0.2, 0.25) is 0 Å². The van der Waals surface area contributed by atoms with Gasteiger partial charge < -0.3 is 16.6 Å². The molecule has 1 atom stereocenters. The molecule has 0 radical (unpaired) electrons. The van der Waals surface area contributed by atoms with E-state index in [1.54, 1.807) is 24.3 Å². The van der Waals surface area contributed by atoms with Crippen LogP contribution in [0.25, 0.3) is 0 Å². The smallest absolute Gasteiger partial charge is 0.339 e. The number of carbonyl (C=O) groups excluding carboxylic acids is 2. The topological polar surface area (TPSA) is 123 Å². The second-order valence-electron chi connectivity index (χ2n) is 6.56. The number of carbonyl (C=O) groups is 3. The molecule has 0 bridgehead atoms. The standard InChI is InChI=1S/C20H20N2O4/c1-3-6-9(2)12-13-14(17(22)15(16(12)21)20(25)26)19(24)11-8-5-4-7-10(11)18(13)23/h4-5,7-9H,3,6,21-22H2,1-2H3,(H,25,26). The van der Waals surface area contributed by atoms with E-state index < -0.39 is 11.8 Å². The van der Waals surface area contributed by atoms with Gasteiger partial charge in [0.05, 0.1) is 16.9 Å². The molecule has 0 saturated heterocycles. The van der Waals surface area contributed by atoms with Crippen molar-refractivity contribution in [3.63, 3.8) is 0 Å². The molecule has 0 saturated carbocycles. The Balaban J connectivity index is 2.45. The first-order valence-corrected chi connectivity index (χ1v) is 8.47. The molecular weight excluding hydrogens is 332 g/mol. The third-order valence-electron chi connectivity index (χ3n) is 4.92. The van der Waals surface area contributed by atoms with Crippen LogP contribution in [0.2, 0.25) is 0 Å². The number of benzene rings is 2. The third-order valence-corrected chi connectivity index (χ3v) is 4.92. The Labute approximate surface area is 150 Å². The van der Waals surface area contributed by atoms with Crippen molar-refractivity contribution >= 4 is 28.9 Å². The average molecular weight is 352 g/mol. The summed E-state index contributed by atoms with van der Waals surface area (Å²) in [6, 6.07) is 6.47. The van der Waals surface area contributed by atoms with Gasteiger partial charge in [0.15, 0.2) is 11.6 Å². The van der Waals surface area contributed by atoms with Crippen LogP contribution in [0.5, 0.6) is 0 Å². The van der Waals surface area contributed by atoms with Crippen LogP contribution in [-0.4, -0.2) is 22.6 Å². The van der Waals surface area contributed by atoms with E-state index in [-0.39, 0.29) is 50.9 Å². The summed E-state index contributed by atoms with van der Waals surface area (Å²) < 4.78 is 0. The van der Waals surface area contributed by atoms with E-state index in [0.29, 0.717) is 12.0 Å². The van der Waals surface area contributed by atoms with Crippen LogP contribution >= 0.6 is 0 Å². The summed E-state index contributed by atoms with van der Waals surface area (Å²) in [5.41, 5.74) is 12.6. The maximum absolute atomic E-state index is 13.2. The fraction of sp³-hybridized carbons (Fsp3) is 0.250. The molecule has 1 aliphatic rings. The van der Waals surface area contributed by atoms with Crippen LogP contribution in [0, 0.1) is 0 Å². The van der Waals surface area contributed by atoms with Gasteiger partial charge in [-0.2, -0.15) is 0 Å². The van der Waals surface area contributed by atoms with Crippen molar-refractivity contribution in [2.45, 2.75) is 32.6 Å². The van der Waals surface area contributed by atoms with Crippen molar-refractivity contribution in [3.8, 4) is 0 Å². The largest absolute Gasteiger partial charge is 0.478 e. The van der Waals surface area contributed by atoms with Gasteiger partial charge in [0.1, 0.15) is 5.56 Å². The molecule has 26 heavy (non-hydrogen) atoms. The van der Waals surface area contributed by atoms with E-state index in [1.807, 2.05) is 13.8 Å². The van der Waals surface area contributed by atoms with Gasteiger partial charge in [-0.15, -0.1) is 0 Å². The zero-order valence-electron chi connectivity index (χ0n) is 14.6. The predicted octanol–water partition coefficient (Wildman–Crippen LogP) is 3.23. The number of fused-ring (bicyclic) bond motifs is 2. The lowest BCUT2D eigenvalue weighted by Gasteiger charge is -2.27. The van der Waals surface area contributed by atoms with Crippen molar-refractivity contribution in [1.29, 1.82) is 0 Å². The summed E-state index contributed by atoms with van der Waals surface area (Å²) >= 11 is 0. The van der Waals surface area contributed by atoms with Gasteiger partial charge in [-0.05, 0) is 17.9 Å². The molecule has 0 aliphatic heterocycles. The number of carboxylic acids is 1. The highest BCUT2D eigenvalue weighted by Gasteiger charge is 2.38. The van der Waals surface area contributed by atoms with Crippen molar-refractivity contribution in [1.82, 2.24) is 0 Å². The molecule has 0 heterocycles. The van der Waals surface area contributed by atoms with E-state index >= 15 is 0 Å². The maximum Gasteiger partial charge on any atom is 0.339 e. The van der Waals surface area contributed by atoms with Crippen molar-refractivity contribution in [3.05, 3.63) is 57.6 Å². The van der Waals surface area contributed by atoms with Crippen LogP contribution in [-0.2, 0) is 0 Å². The second kappa shape index (κ2) is 6.29. The average Bonchev–Trinajstić information content (AvgIpc) is 2.59. The minimum Gasteiger partial charge on any atom is -0.478 e. The summed E-state index contributed by atoms with van der Waals surface area (Å²) in [5.74, 6) is -2.29. The fourth-order valence-electron chi connectivity index (χ4n) is 3.75. The van der Waals surface area contributed by atoms with E-state index in [9.17, 15) is 19.5 Å². The lowest BCUT2D eigenvalue weighted by atomic mass is 9.76. The van der Waals surface area contributed by atoms with E-state index in [1.165, 1.54) is 0 Å². The van der Waals surface area contributed by atoms with Gasteiger partial charge in [-0.25, -0.2) is 4.79 Å². The summed E-state index contributed by atoms with van der Waals surface area (Å²) in [4.78, 5) is 37.9. The number of anilines is 2. The number of carboxylic acid groups (broad SMARTS) is 1. The van der Waals surface area contributed by atoms with Crippen LogP contribution in [0.3, 0.4) is 0 Å². The quantitative estimate of drug-likeness (QED) is 0.619. The molecule has 0 aromatic heterocycles. The summed E-state index contributed by atoms with van der Waals surface area (Å²) in [7, 11) is 0. The highest BCUT2D eigenvalue weighted by molar-refractivity contribution is 6.32. The molecule has 6 heteroatoms. The van der Waals surface area contributed by atoms with Crippen molar-refractivity contribution in [2.24, 2.45) is 0 Å². The molecule has 2 aromatic carbocycles. The Morgan fingerprint density at radius 3 is 2.08 bits per heavy atom. The molecule has 0 spiro atoms. The van der Waals surface area contributed by atoms with Crippen LogP contribution < -0.4 is 11.5 Å². The number of hydrogen-bond donors (Lipinski definition) is 3. The first kappa shape index (κ1) is 17.7. The summed E-state index contributed by atoms with van der Waals surface area (Å²) in [6.07, 6.45) is 1.52. The molecule has 134 valence electrons. The molecule has 1 unspecified atom stereocenters. The van der Waals surface area contributed by atoms with Crippen LogP contribution in [0.1, 0.15) is 80.4 Å². The van der Waals surface area contributed by atoms with Gasteiger partial charge in [0, 0.05) is 16.7 Å². The number of ketones is 2. The van der Waals surface area contributed by atoms with Crippen LogP contribution in [0.15, 0.2) is 24.3 Å². The van der Waals surface area contributed by atoms with E-state index in [4.69, 9.17) is 11.5 Å². The third kappa shape index (κ3) is 2.37. The highest BCUT2D eigenvalue weighted by atomic mass is 16.4. The van der Waals surface area contributed by atoms with E-state index in [2.05, 4.69) is 0 Å². The zero-order chi connectivity index (χ0) is 19.2. The number of aromatic carboxylic acids is 1. The summed E-state index contributed by atoms with van der Waals surface area (Å²) in [5, 5.41) is 9.58. The van der Waals surface area contributed by atoms with Crippen LogP contribution in [0.4, 0.5) is 11.4 Å². The monoisotopic (exact) mass is 352 g/mol. The first-order valence-electron chi connectivity index (χ1n) is 8.47. The summed E-state index contributed by atoms with van der Waals surface area (Å²) in [6.45, 7) is 3.85. The fourth-order valence-corrected chi connectivity index (χ4v) is 3.75. The molecule has 6 nitrogen and oxygen atoms in total. The maximum atomic E-state index is 13.2. The van der Waals surface area contributed by atoms with Crippen molar-refractivity contribution < 1.29 is 19.5 Å². The molecule has 2 aromatic rings. The number of rotatable bonds is 4. The molecule has 0 amide bonds. The highest BCUT2D eigenvalue weighted by Crippen LogP contribution is 2.42. The van der Waals surface area contributed by atoms with Crippen molar-refractivity contribution in [2.75, 3.05) is 11.5 Å². The minimum atomic E-state index is -1.31. The number of hydrogen-bond acceptors (Lipinski definition) is 5. The Bertz CT molecular complexity index is 963. The molecule has 5 N–H and O–H groups in total. The normalized spacial score (nSPS) is 13.9. The van der Waals surface area contributed by atoms with Gasteiger partial charge >= 0.3 is 5.97 Å². The zero-order valence-corrected chi connectivity index (χ0v) is 14.6. The lowest BCUT2D eigenvalue weighted by Crippen LogP contribution is -2.27. The van der Waals surface area contributed by atoms with Gasteiger partial charge in [-0.3, -0.25) is 9.59 Å². The lowest BCUT2D eigenvalue weighted by molar-refractivity contribution is 0.0698. The molecule has 3 rings (SSSR count). The number of nitrogens with two attached hydrogens (primary N) is 2. The Hall–Kier alpha value is -3.15. The predicted molar refractivity (Wildman–Crippen MR) is 98.9 cm³/mol. The van der Waals surface area contributed by atoms with Gasteiger partial charge in [-0.1, -0.05) is 44.5 Å². The molecule has 1 aliphatic carbocycles. The molecular formula is C20H20N2O4. The first-order chi connectivity index (χ1) is 12.3. The Kier molecular flexibility index (Phi) is 4.28.